The van der Waals surface area contributed by atoms with Crippen molar-refractivity contribution in [2.75, 3.05) is 19.8 Å². The Balaban J connectivity index is 1.72. The van der Waals surface area contributed by atoms with Gasteiger partial charge in [0.15, 0.2) is 17.1 Å². The molecule has 0 bridgehead atoms. The predicted molar refractivity (Wildman–Crippen MR) is 96.3 cm³/mol. The molecule has 1 spiro atoms. The number of aromatic hydroxyl groups is 1. The molecule has 0 saturated heterocycles. The van der Waals surface area contributed by atoms with E-state index in [1.54, 1.807) is 0 Å². The van der Waals surface area contributed by atoms with Crippen LogP contribution < -0.4 is 10.5 Å². The molecule has 0 saturated carbocycles. The molecule has 0 radical (unpaired) electrons. The van der Waals surface area contributed by atoms with Crippen molar-refractivity contribution in [3.05, 3.63) is 58.9 Å². The van der Waals surface area contributed by atoms with Crippen LogP contribution in [0.1, 0.15) is 23.1 Å². The predicted octanol–water partition coefficient (Wildman–Crippen LogP) is 3.03. The van der Waals surface area contributed by atoms with Crippen LogP contribution in [0.4, 0.5) is 4.39 Å². The standard InChI is InChI=1S/C20H17FN2O4/c21-15-9-18-14(8-16(15)24)20(10-26-19(22)23-20)13-7-12(1-2-17(13)27-18)11-3-5-25-6-4-11/h1-3,7-9,24H,4-6,10H2,(H2,22,23). The number of phenols is 1. The summed E-state index contributed by atoms with van der Waals surface area (Å²) in [6.45, 7) is 1.41. The van der Waals surface area contributed by atoms with Crippen LogP contribution in [-0.4, -0.2) is 30.9 Å². The number of hydrogen-bond acceptors (Lipinski definition) is 6. The van der Waals surface area contributed by atoms with Crippen LogP contribution in [-0.2, 0) is 15.0 Å². The first kappa shape index (κ1) is 16.1. The van der Waals surface area contributed by atoms with E-state index in [1.807, 2.05) is 18.2 Å². The third-order valence-corrected chi connectivity index (χ3v) is 5.20. The van der Waals surface area contributed by atoms with Crippen molar-refractivity contribution in [2.45, 2.75) is 12.0 Å². The van der Waals surface area contributed by atoms with Gasteiger partial charge >= 0.3 is 0 Å². The summed E-state index contributed by atoms with van der Waals surface area (Å²) in [4.78, 5) is 4.53. The number of phenolic OH excluding ortho intramolecular Hbond substituents is 1. The van der Waals surface area contributed by atoms with Gasteiger partial charge in [0.2, 0.25) is 0 Å². The zero-order valence-electron chi connectivity index (χ0n) is 14.4. The molecule has 2 aromatic rings. The fourth-order valence-corrected chi connectivity index (χ4v) is 3.85. The van der Waals surface area contributed by atoms with Crippen LogP contribution in [0.5, 0.6) is 17.2 Å². The fourth-order valence-electron chi connectivity index (χ4n) is 3.85. The zero-order chi connectivity index (χ0) is 18.6. The van der Waals surface area contributed by atoms with Gasteiger partial charge in [0, 0.05) is 17.2 Å². The van der Waals surface area contributed by atoms with Crippen LogP contribution in [0.3, 0.4) is 0 Å². The average Bonchev–Trinajstić information content (AvgIpc) is 3.07. The maximum Gasteiger partial charge on any atom is 0.283 e. The van der Waals surface area contributed by atoms with E-state index in [-0.39, 0.29) is 18.4 Å². The van der Waals surface area contributed by atoms with Crippen molar-refractivity contribution in [2.24, 2.45) is 10.7 Å². The van der Waals surface area contributed by atoms with E-state index in [0.29, 0.717) is 24.5 Å². The summed E-state index contributed by atoms with van der Waals surface area (Å²) in [5.41, 5.74) is 8.35. The molecule has 3 N–H and O–H groups in total. The molecule has 27 heavy (non-hydrogen) atoms. The van der Waals surface area contributed by atoms with Crippen molar-refractivity contribution in [1.29, 1.82) is 0 Å². The van der Waals surface area contributed by atoms with Gasteiger partial charge in [-0.05, 0) is 35.8 Å². The van der Waals surface area contributed by atoms with Gasteiger partial charge in [-0.3, -0.25) is 0 Å². The molecule has 0 fully saturated rings. The van der Waals surface area contributed by atoms with Gasteiger partial charge in [-0.25, -0.2) is 9.38 Å². The number of rotatable bonds is 1. The van der Waals surface area contributed by atoms with Crippen LogP contribution in [0.2, 0.25) is 0 Å². The summed E-state index contributed by atoms with van der Waals surface area (Å²) in [5.74, 6) is -0.375. The number of benzene rings is 2. The second kappa shape index (κ2) is 5.72. The maximum absolute atomic E-state index is 13.9. The van der Waals surface area contributed by atoms with Crippen LogP contribution in [0.25, 0.3) is 5.57 Å². The first-order valence-corrected chi connectivity index (χ1v) is 8.67. The highest BCUT2D eigenvalue weighted by atomic mass is 19.1. The number of amidine groups is 1. The second-order valence-electron chi connectivity index (χ2n) is 6.77. The number of aliphatic imine (C=N–C) groups is 1. The molecular formula is C20H17FN2O4. The minimum absolute atomic E-state index is 0.0494. The molecule has 1 atom stereocenters. The van der Waals surface area contributed by atoms with E-state index in [0.717, 1.165) is 23.6 Å². The average molecular weight is 368 g/mol. The second-order valence-corrected chi connectivity index (χ2v) is 6.77. The lowest BCUT2D eigenvalue weighted by Crippen LogP contribution is -2.31. The minimum atomic E-state index is -0.986. The summed E-state index contributed by atoms with van der Waals surface area (Å²) in [5, 5.41) is 9.92. The number of fused-ring (bicyclic) bond motifs is 4. The normalized spacial score (nSPS) is 23.0. The van der Waals surface area contributed by atoms with Crippen LogP contribution in [0, 0.1) is 5.82 Å². The highest BCUT2D eigenvalue weighted by Gasteiger charge is 2.47. The Hall–Kier alpha value is -3.06. The summed E-state index contributed by atoms with van der Waals surface area (Å²) < 4.78 is 30.7. The number of hydrogen-bond donors (Lipinski definition) is 2. The first-order chi connectivity index (χ1) is 13.1. The first-order valence-electron chi connectivity index (χ1n) is 8.67. The molecule has 3 aliphatic rings. The van der Waals surface area contributed by atoms with E-state index in [9.17, 15) is 9.50 Å². The summed E-state index contributed by atoms with van der Waals surface area (Å²) >= 11 is 0. The molecule has 2 aromatic carbocycles. The Labute approximate surface area is 154 Å². The number of nitrogens with two attached hydrogens (primary N) is 1. The van der Waals surface area contributed by atoms with Gasteiger partial charge in [-0.15, -0.1) is 0 Å². The molecule has 3 heterocycles. The van der Waals surface area contributed by atoms with Crippen molar-refractivity contribution in [3.63, 3.8) is 0 Å². The molecule has 7 heteroatoms. The SMILES string of the molecule is NC1=NC2(CO1)c1cc(C3=CCOCC3)ccc1Oc1cc(F)c(O)cc12. The molecule has 1 unspecified atom stereocenters. The quantitative estimate of drug-likeness (QED) is 0.808. The van der Waals surface area contributed by atoms with E-state index in [2.05, 4.69) is 11.1 Å². The number of halogens is 1. The molecule has 0 aromatic heterocycles. The number of ether oxygens (including phenoxy) is 3. The van der Waals surface area contributed by atoms with E-state index in [4.69, 9.17) is 19.9 Å². The third-order valence-electron chi connectivity index (χ3n) is 5.20. The molecule has 0 amide bonds. The Kier molecular flexibility index (Phi) is 3.42. The van der Waals surface area contributed by atoms with Gasteiger partial charge in [0.25, 0.3) is 6.02 Å². The highest BCUT2D eigenvalue weighted by Crippen LogP contribution is 2.52. The molecule has 5 rings (SSSR count). The van der Waals surface area contributed by atoms with E-state index < -0.39 is 17.1 Å². The molecule has 6 nitrogen and oxygen atoms in total. The lowest BCUT2D eigenvalue weighted by molar-refractivity contribution is 0.161. The highest BCUT2D eigenvalue weighted by molar-refractivity contribution is 5.78. The zero-order valence-corrected chi connectivity index (χ0v) is 14.4. The Morgan fingerprint density at radius 2 is 2.00 bits per heavy atom. The molecule has 3 aliphatic heterocycles. The van der Waals surface area contributed by atoms with Crippen molar-refractivity contribution >= 4 is 11.6 Å². The van der Waals surface area contributed by atoms with Crippen molar-refractivity contribution in [1.82, 2.24) is 0 Å². The maximum atomic E-state index is 13.9. The molecule has 138 valence electrons. The van der Waals surface area contributed by atoms with Gasteiger partial charge in [0.1, 0.15) is 18.1 Å². The van der Waals surface area contributed by atoms with Crippen LogP contribution >= 0.6 is 0 Å². The van der Waals surface area contributed by atoms with Gasteiger partial charge in [-0.2, -0.15) is 0 Å². The third kappa shape index (κ3) is 2.39. The smallest absolute Gasteiger partial charge is 0.283 e. The van der Waals surface area contributed by atoms with Gasteiger partial charge in [-0.1, -0.05) is 12.1 Å². The van der Waals surface area contributed by atoms with Crippen molar-refractivity contribution < 1.29 is 23.7 Å². The lowest BCUT2D eigenvalue weighted by Gasteiger charge is -2.34. The summed E-state index contributed by atoms with van der Waals surface area (Å²) in [7, 11) is 0. The minimum Gasteiger partial charge on any atom is -0.505 e. The van der Waals surface area contributed by atoms with Crippen molar-refractivity contribution in [3.8, 4) is 17.2 Å². The van der Waals surface area contributed by atoms with Gasteiger partial charge < -0.3 is 25.1 Å². The Bertz CT molecular complexity index is 1020. The number of nitrogens with zero attached hydrogens (tertiary/aromatic N) is 1. The Morgan fingerprint density at radius 1 is 1.15 bits per heavy atom. The van der Waals surface area contributed by atoms with Crippen LogP contribution in [0.15, 0.2) is 41.4 Å². The summed E-state index contributed by atoms with van der Waals surface area (Å²) in [6.07, 6.45) is 2.87. The largest absolute Gasteiger partial charge is 0.505 e. The summed E-state index contributed by atoms with van der Waals surface area (Å²) in [6, 6.07) is 8.36. The molecule has 0 aliphatic carbocycles. The van der Waals surface area contributed by atoms with E-state index >= 15 is 0 Å². The topological polar surface area (TPSA) is 86.3 Å². The fraction of sp³-hybridized carbons (Fsp3) is 0.250. The van der Waals surface area contributed by atoms with Gasteiger partial charge in [0.05, 0.1) is 13.2 Å². The Morgan fingerprint density at radius 3 is 2.74 bits per heavy atom. The molecular weight excluding hydrogens is 351 g/mol. The monoisotopic (exact) mass is 368 g/mol. The lowest BCUT2D eigenvalue weighted by atomic mass is 9.80. The van der Waals surface area contributed by atoms with E-state index in [1.165, 1.54) is 11.6 Å².